The van der Waals surface area contributed by atoms with Gasteiger partial charge in [-0.15, -0.1) is 0 Å². The maximum Gasteiger partial charge on any atom is 0.123 e. The van der Waals surface area contributed by atoms with E-state index < -0.39 is 0 Å². The van der Waals surface area contributed by atoms with Crippen LogP contribution in [0.3, 0.4) is 0 Å². The number of benzene rings is 1. The van der Waals surface area contributed by atoms with Crippen LogP contribution in [-0.4, -0.2) is 25.0 Å². The molecule has 0 radical (unpaired) electrons. The zero-order chi connectivity index (χ0) is 12.8. The van der Waals surface area contributed by atoms with Gasteiger partial charge >= 0.3 is 0 Å². The van der Waals surface area contributed by atoms with E-state index in [1.54, 1.807) is 6.07 Å². The number of likely N-dealkylation sites (N-methyl/N-ethyl adjacent to an activating group) is 1. The van der Waals surface area contributed by atoms with Crippen LogP contribution < -0.4 is 5.73 Å². The summed E-state index contributed by atoms with van der Waals surface area (Å²) in [5.41, 5.74) is 7.94. The van der Waals surface area contributed by atoms with Crippen LogP contribution in [0.1, 0.15) is 36.9 Å². The van der Waals surface area contributed by atoms with Crippen LogP contribution in [0, 0.1) is 12.7 Å². The summed E-state index contributed by atoms with van der Waals surface area (Å²) in [4.78, 5) is 2.21. The summed E-state index contributed by atoms with van der Waals surface area (Å²) < 4.78 is 13.3. The van der Waals surface area contributed by atoms with Crippen LogP contribution >= 0.6 is 0 Å². The first-order chi connectivity index (χ1) is 8.10. The molecule has 3 heteroatoms. The van der Waals surface area contributed by atoms with E-state index in [0.717, 1.165) is 30.5 Å². The zero-order valence-corrected chi connectivity index (χ0v) is 11.0. The summed E-state index contributed by atoms with van der Waals surface area (Å²) in [6, 6.07) is 5.03. The highest BCUT2D eigenvalue weighted by molar-refractivity contribution is 5.29. The van der Waals surface area contributed by atoms with Crippen LogP contribution in [0.4, 0.5) is 4.39 Å². The molecule has 0 spiro atoms. The Bertz CT molecular complexity index is 352. The third-order valence-electron chi connectivity index (χ3n) is 3.22. The highest BCUT2D eigenvalue weighted by Crippen LogP contribution is 2.23. The molecule has 17 heavy (non-hydrogen) atoms. The number of rotatable bonds is 6. The van der Waals surface area contributed by atoms with Gasteiger partial charge in [-0.1, -0.05) is 19.4 Å². The SMILES string of the molecule is CCCCN(C)C(CN)c1cc(F)ccc1C. The summed E-state index contributed by atoms with van der Waals surface area (Å²) in [6.45, 7) is 5.68. The largest absolute Gasteiger partial charge is 0.329 e. The van der Waals surface area contributed by atoms with Crippen molar-refractivity contribution in [2.24, 2.45) is 5.73 Å². The average Bonchev–Trinajstić information content (AvgIpc) is 2.32. The molecule has 0 aliphatic rings. The lowest BCUT2D eigenvalue weighted by molar-refractivity contribution is 0.245. The van der Waals surface area contributed by atoms with E-state index >= 15 is 0 Å². The average molecular weight is 238 g/mol. The van der Waals surface area contributed by atoms with Crippen molar-refractivity contribution >= 4 is 0 Å². The Hall–Kier alpha value is -0.930. The van der Waals surface area contributed by atoms with Gasteiger partial charge in [-0.05, 0) is 50.2 Å². The third-order valence-corrected chi connectivity index (χ3v) is 3.22. The summed E-state index contributed by atoms with van der Waals surface area (Å²) in [6.07, 6.45) is 2.30. The normalized spacial score (nSPS) is 13.1. The van der Waals surface area contributed by atoms with E-state index in [4.69, 9.17) is 5.73 Å². The second-order valence-corrected chi connectivity index (χ2v) is 4.59. The highest BCUT2D eigenvalue weighted by atomic mass is 19.1. The molecule has 1 atom stereocenters. The lowest BCUT2D eigenvalue weighted by Gasteiger charge is -2.28. The second-order valence-electron chi connectivity index (χ2n) is 4.59. The Morgan fingerprint density at radius 1 is 1.41 bits per heavy atom. The number of nitrogens with two attached hydrogens (primary N) is 1. The van der Waals surface area contributed by atoms with Crippen molar-refractivity contribution < 1.29 is 4.39 Å². The van der Waals surface area contributed by atoms with Gasteiger partial charge in [0.2, 0.25) is 0 Å². The van der Waals surface area contributed by atoms with E-state index in [1.807, 2.05) is 13.0 Å². The Balaban J connectivity index is 2.88. The van der Waals surface area contributed by atoms with Gasteiger partial charge in [0.15, 0.2) is 0 Å². The van der Waals surface area contributed by atoms with Crippen molar-refractivity contribution in [2.75, 3.05) is 20.1 Å². The van der Waals surface area contributed by atoms with E-state index in [1.165, 1.54) is 6.07 Å². The maximum atomic E-state index is 13.3. The molecule has 0 amide bonds. The minimum Gasteiger partial charge on any atom is -0.329 e. The van der Waals surface area contributed by atoms with Crippen LogP contribution in [0.2, 0.25) is 0 Å². The number of hydrogen-bond donors (Lipinski definition) is 1. The zero-order valence-electron chi connectivity index (χ0n) is 11.0. The van der Waals surface area contributed by atoms with Gasteiger partial charge in [0.1, 0.15) is 5.82 Å². The maximum absolute atomic E-state index is 13.3. The second kappa shape index (κ2) is 6.72. The first kappa shape index (κ1) is 14.1. The molecule has 0 aliphatic carbocycles. The molecule has 1 rings (SSSR count). The molecule has 0 fully saturated rings. The molecule has 1 aromatic carbocycles. The molecule has 0 heterocycles. The summed E-state index contributed by atoms with van der Waals surface area (Å²) in [7, 11) is 2.05. The molecule has 0 bridgehead atoms. The molecular weight excluding hydrogens is 215 g/mol. The predicted octanol–water partition coefficient (Wildman–Crippen LogP) is 2.87. The van der Waals surface area contributed by atoms with Crippen molar-refractivity contribution in [2.45, 2.75) is 32.7 Å². The van der Waals surface area contributed by atoms with Gasteiger partial charge in [0.05, 0.1) is 0 Å². The Morgan fingerprint density at radius 2 is 2.12 bits per heavy atom. The topological polar surface area (TPSA) is 29.3 Å². The van der Waals surface area contributed by atoms with E-state index in [2.05, 4.69) is 18.9 Å². The molecule has 2 N–H and O–H groups in total. The number of aryl methyl sites for hydroxylation is 1. The van der Waals surface area contributed by atoms with E-state index in [0.29, 0.717) is 6.54 Å². The molecule has 2 nitrogen and oxygen atoms in total. The van der Waals surface area contributed by atoms with Crippen LogP contribution in [0.5, 0.6) is 0 Å². The van der Waals surface area contributed by atoms with E-state index in [9.17, 15) is 4.39 Å². The first-order valence-electron chi connectivity index (χ1n) is 6.26. The first-order valence-corrected chi connectivity index (χ1v) is 6.26. The van der Waals surface area contributed by atoms with Gasteiger partial charge in [0.25, 0.3) is 0 Å². The van der Waals surface area contributed by atoms with E-state index in [-0.39, 0.29) is 11.9 Å². The van der Waals surface area contributed by atoms with Crippen molar-refractivity contribution in [3.8, 4) is 0 Å². The van der Waals surface area contributed by atoms with Crippen LogP contribution in [-0.2, 0) is 0 Å². The molecule has 0 saturated carbocycles. The molecule has 1 unspecified atom stereocenters. The molecule has 0 aliphatic heterocycles. The highest BCUT2D eigenvalue weighted by Gasteiger charge is 2.17. The minimum atomic E-state index is -0.187. The van der Waals surface area contributed by atoms with Gasteiger partial charge < -0.3 is 5.73 Å². The minimum absolute atomic E-state index is 0.109. The predicted molar refractivity (Wildman–Crippen MR) is 70.5 cm³/mol. The summed E-state index contributed by atoms with van der Waals surface area (Å²) in [5.74, 6) is -0.187. The Morgan fingerprint density at radius 3 is 2.71 bits per heavy atom. The van der Waals surface area contributed by atoms with Crippen molar-refractivity contribution in [3.05, 3.63) is 35.1 Å². The summed E-state index contributed by atoms with van der Waals surface area (Å²) in [5, 5.41) is 0. The lowest BCUT2D eigenvalue weighted by atomic mass is 10.00. The van der Waals surface area contributed by atoms with Crippen molar-refractivity contribution in [3.63, 3.8) is 0 Å². The van der Waals surface area contributed by atoms with Gasteiger partial charge in [-0.25, -0.2) is 4.39 Å². The van der Waals surface area contributed by atoms with Crippen molar-refractivity contribution in [1.82, 2.24) is 4.90 Å². The standard InChI is InChI=1S/C14H23FN2/c1-4-5-8-17(3)14(10-16)13-9-12(15)7-6-11(13)2/h6-7,9,14H,4-5,8,10,16H2,1-3H3. The molecule has 0 saturated heterocycles. The van der Waals surface area contributed by atoms with Gasteiger partial charge in [-0.2, -0.15) is 0 Å². The number of hydrogen-bond acceptors (Lipinski definition) is 2. The van der Waals surface area contributed by atoms with Crippen molar-refractivity contribution in [1.29, 1.82) is 0 Å². The Labute approximate surface area is 104 Å². The number of halogens is 1. The molecule has 1 aromatic rings. The summed E-state index contributed by atoms with van der Waals surface area (Å²) >= 11 is 0. The molecule has 96 valence electrons. The quantitative estimate of drug-likeness (QED) is 0.825. The number of unbranched alkanes of at least 4 members (excludes halogenated alkanes) is 1. The monoisotopic (exact) mass is 238 g/mol. The fraction of sp³-hybridized carbons (Fsp3) is 0.571. The smallest absolute Gasteiger partial charge is 0.123 e. The Kier molecular flexibility index (Phi) is 5.59. The van der Waals surface area contributed by atoms with Gasteiger partial charge in [0, 0.05) is 12.6 Å². The van der Waals surface area contributed by atoms with Crippen LogP contribution in [0.25, 0.3) is 0 Å². The third kappa shape index (κ3) is 3.79. The van der Waals surface area contributed by atoms with Gasteiger partial charge in [-0.3, -0.25) is 4.90 Å². The fourth-order valence-corrected chi connectivity index (χ4v) is 2.08. The molecular formula is C14H23FN2. The van der Waals surface area contributed by atoms with Crippen LogP contribution in [0.15, 0.2) is 18.2 Å². The number of nitrogens with zero attached hydrogens (tertiary/aromatic N) is 1. The lowest BCUT2D eigenvalue weighted by Crippen LogP contribution is -2.31. The molecule has 0 aromatic heterocycles. The fourth-order valence-electron chi connectivity index (χ4n) is 2.08.